The summed E-state index contributed by atoms with van der Waals surface area (Å²) >= 11 is 0. The van der Waals surface area contributed by atoms with Crippen LogP contribution in [-0.2, 0) is 6.54 Å². The molecule has 8 heteroatoms. The standard InChI is InChI=1S/C18H13F2N3O3/c19-12-7-5-10(6-8-12)16-22-14(15(24)18(26)23-16)17(25)21-9-11-3-1-2-4-13(11)20/h1-8,24H,9H2,(H,21,25)(H,22,23,26). The molecule has 0 aliphatic rings. The van der Waals surface area contributed by atoms with E-state index >= 15 is 0 Å². The molecule has 3 N–H and O–H groups in total. The summed E-state index contributed by atoms with van der Waals surface area (Å²) in [6.45, 7) is -0.148. The van der Waals surface area contributed by atoms with E-state index in [4.69, 9.17) is 0 Å². The molecule has 1 aromatic heterocycles. The molecule has 0 atom stereocenters. The Morgan fingerprint density at radius 2 is 1.81 bits per heavy atom. The number of halogens is 2. The monoisotopic (exact) mass is 357 g/mol. The quantitative estimate of drug-likeness (QED) is 0.668. The zero-order valence-corrected chi connectivity index (χ0v) is 13.3. The second-order valence-corrected chi connectivity index (χ2v) is 5.39. The molecule has 3 aromatic rings. The predicted octanol–water partition coefficient (Wildman–Crippen LogP) is 2.35. The third-order valence-corrected chi connectivity index (χ3v) is 3.62. The van der Waals surface area contributed by atoms with Gasteiger partial charge in [0.05, 0.1) is 0 Å². The number of nitrogens with one attached hydrogen (secondary N) is 2. The summed E-state index contributed by atoms with van der Waals surface area (Å²) in [5.41, 5.74) is -0.838. The van der Waals surface area contributed by atoms with Crippen molar-refractivity contribution in [1.29, 1.82) is 0 Å². The van der Waals surface area contributed by atoms with E-state index in [0.29, 0.717) is 5.56 Å². The first-order valence-corrected chi connectivity index (χ1v) is 7.56. The molecule has 0 aliphatic carbocycles. The average molecular weight is 357 g/mol. The molecule has 26 heavy (non-hydrogen) atoms. The lowest BCUT2D eigenvalue weighted by Gasteiger charge is -2.08. The molecule has 6 nitrogen and oxygen atoms in total. The van der Waals surface area contributed by atoms with Crippen LogP contribution in [-0.4, -0.2) is 21.0 Å². The van der Waals surface area contributed by atoms with Gasteiger partial charge in [0.25, 0.3) is 11.5 Å². The van der Waals surface area contributed by atoms with Crippen molar-refractivity contribution in [2.75, 3.05) is 0 Å². The maximum Gasteiger partial charge on any atom is 0.294 e. The van der Waals surface area contributed by atoms with Gasteiger partial charge in [0.1, 0.15) is 17.5 Å². The molecule has 0 aliphatic heterocycles. The number of aromatic nitrogens is 2. The number of carbonyl (C=O) groups is 1. The number of aromatic amines is 1. The number of amides is 1. The van der Waals surface area contributed by atoms with E-state index in [1.165, 1.54) is 42.5 Å². The number of carbonyl (C=O) groups excluding carboxylic acids is 1. The van der Waals surface area contributed by atoms with Gasteiger partial charge in [0, 0.05) is 17.7 Å². The highest BCUT2D eigenvalue weighted by Crippen LogP contribution is 2.17. The van der Waals surface area contributed by atoms with E-state index in [9.17, 15) is 23.5 Å². The van der Waals surface area contributed by atoms with Gasteiger partial charge in [-0.3, -0.25) is 9.59 Å². The molecule has 0 saturated carbocycles. The highest BCUT2D eigenvalue weighted by Gasteiger charge is 2.18. The van der Waals surface area contributed by atoms with Crippen molar-refractivity contribution in [1.82, 2.24) is 15.3 Å². The van der Waals surface area contributed by atoms with E-state index in [1.54, 1.807) is 6.07 Å². The lowest BCUT2D eigenvalue weighted by Crippen LogP contribution is -2.27. The molecule has 0 saturated heterocycles. The summed E-state index contributed by atoms with van der Waals surface area (Å²) in [6.07, 6.45) is 0. The Labute approximate surface area is 146 Å². The summed E-state index contributed by atoms with van der Waals surface area (Å²) in [6, 6.07) is 10.9. The second-order valence-electron chi connectivity index (χ2n) is 5.39. The smallest absolute Gasteiger partial charge is 0.294 e. The predicted molar refractivity (Wildman–Crippen MR) is 89.5 cm³/mol. The minimum atomic E-state index is -0.921. The Morgan fingerprint density at radius 1 is 1.12 bits per heavy atom. The van der Waals surface area contributed by atoms with Gasteiger partial charge < -0.3 is 15.4 Å². The number of hydrogen-bond acceptors (Lipinski definition) is 4. The lowest BCUT2D eigenvalue weighted by molar-refractivity contribution is 0.0942. The Balaban J connectivity index is 1.89. The first-order chi connectivity index (χ1) is 12.5. The summed E-state index contributed by atoms with van der Waals surface area (Å²) in [5, 5.41) is 12.2. The maximum atomic E-state index is 13.6. The Bertz CT molecular complexity index is 1020. The van der Waals surface area contributed by atoms with E-state index in [-0.39, 0.29) is 17.9 Å². The summed E-state index contributed by atoms with van der Waals surface area (Å²) in [5.74, 6) is -2.69. The van der Waals surface area contributed by atoms with E-state index in [0.717, 1.165) is 0 Å². The second kappa shape index (κ2) is 7.14. The van der Waals surface area contributed by atoms with Crippen LogP contribution in [0.15, 0.2) is 53.3 Å². The molecule has 132 valence electrons. The van der Waals surface area contributed by atoms with Crippen molar-refractivity contribution in [3.8, 4) is 17.1 Å². The number of hydrogen-bond donors (Lipinski definition) is 3. The van der Waals surface area contributed by atoms with Crippen LogP contribution in [0, 0.1) is 11.6 Å². The van der Waals surface area contributed by atoms with Crippen molar-refractivity contribution in [2.24, 2.45) is 0 Å². The fourth-order valence-electron chi connectivity index (χ4n) is 2.27. The third kappa shape index (κ3) is 3.59. The van der Waals surface area contributed by atoms with Gasteiger partial charge in [0.15, 0.2) is 5.69 Å². The largest absolute Gasteiger partial charge is 0.501 e. The number of rotatable bonds is 4. The number of nitrogens with zero attached hydrogens (tertiary/aromatic N) is 1. The van der Waals surface area contributed by atoms with Crippen molar-refractivity contribution in [2.45, 2.75) is 6.54 Å². The number of benzene rings is 2. The zero-order valence-electron chi connectivity index (χ0n) is 13.3. The highest BCUT2D eigenvalue weighted by atomic mass is 19.1. The summed E-state index contributed by atoms with van der Waals surface area (Å²) in [4.78, 5) is 30.4. The van der Waals surface area contributed by atoms with Gasteiger partial charge in [0.2, 0.25) is 5.75 Å². The lowest BCUT2D eigenvalue weighted by atomic mass is 10.2. The van der Waals surface area contributed by atoms with Gasteiger partial charge in [-0.25, -0.2) is 13.8 Å². The summed E-state index contributed by atoms with van der Waals surface area (Å²) < 4.78 is 26.6. The van der Waals surface area contributed by atoms with Gasteiger partial charge in [-0.15, -0.1) is 0 Å². The van der Waals surface area contributed by atoms with Crippen molar-refractivity contribution < 1.29 is 18.7 Å². The topological polar surface area (TPSA) is 95.1 Å². The molecular formula is C18H13F2N3O3. The van der Waals surface area contributed by atoms with Crippen LogP contribution < -0.4 is 10.9 Å². The number of aromatic hydroxyl groups is 1. The third-order valence-electron chi connectivity index (χ3n) is 3.62. The molecule has 0 spiro atoms. The van der Waals surface area contributed by atoms with E-state index in [1.807, 2.05) is 0 Å². The maximum absolute atomic E-state index is 13.6. The zero-order chi connectivity index (χ0) is 18.7. The molecule has 0 bridgehead atoms. The molecule has 0 unspecified atom stereocenters. The average Bonchev–Trinajstić information content (AvgIpc) is 2.63. The Morgan fingerprint density at radius 3 is 2.50 bits per heavy atom. The fourth-order valence-corrected chi connectivity index (χ4v) is 2.27. The van der Waals surface area contributed by atoms with Crippen LogP contribution in [0.2, 0.25) is 0 Å². The van der Waals surface area contributed by atoms with Crippen molar-refractivity contribution in [3.63, 3.8) is 0 Å². The molecule has 2 aromatic carbocycles. The van der Waals surface area contributed by atoms with Crippen molar-refractivity contribution >= 4 is 5.91 Å². The van der Waals surface area contributed by atoms with Gasteiger partial charge in [-0.2, -0.15) is 0 Å². The van der Waals surface area contributed by atoms with Gasteiger partial charge >= 0.3 is 0 Å². The molecule has 0 fully saturated rings. The van der Waals surface area contributed by atoms with Crippen LogP contribution >= 0.6 is 0 Å². The van der Waals surface area contributed by atoms with E-state index in [2.05, 4.69) is 15.3 Å². The van der Waals surface area contributed by atoms with Gasteiger partial charge in [-0.1, -0.05) is 18.2 Å². The van der Waals surface area contributed by atoms with Crippen molar-refractivity contribution in [3.05, 3.63) is 81.8 Å². The Hall–Kier alpha value is -3.55. The van der Waals surface area contributed by atoms with Crippen LogP contribution in [0.1, 0.15) is 16.1 Å². The molecule has 3 rings (SSSR count). The minimum absolute atomic E-state index is 0.0103. The Kier molecular flexibility index (Phi) is 4.74. The summed E-state index contributed by atoms with van der Waals surface area (Å²) in [7, 11) is 0. The van der Waals surface area contributed by atoms with E-state index < -0.39 is 34.5 Å². The first kappa shape index (κ1) is 17.3. The molecule has 1 amide bonds. The molecular weight excluding hydrogens is 344 g/mol. The van der Waals surface area contributed by atoms with Gasteiger partial charge in [-0.05, 0) is 30.3 Å². The normalized spacial score (nSPS) is 10.5. The van der Waals surface area contributed by atoms with Crippen LogP contribution in [0.3, 0.4) is 0 Å². The highest BCUT2D eigenvalue weighted by molar-refractivity contribution is 5.95. The van der Waals surface area contributed by atoms with Crippen LogP contribution in [0.25, 0.3) is 11.4 Å². The minimum Gasteiger partial charge on any atom is -0.501 e. The first-order valence-electron chi connectivity index (χ1n) is 7.56. The fraction of sp³-hybridized carbons (Fsp3) is 0.0556. The van der Waals surface area contributed by atoms with Crippen LogP contribution in [0.5, 0.6) is 5.75 Å². The van der Waals surface area contributed by atoms with Crippen LogP contribution in [0.4, 0.5) is 8.78 Å². The number of H-pyrrole nitrogens is 1. The molecule has 1 heterocycles. The SMILES string of the molecule is O=C(NCc1ccccc1F)c1nc(-c2ccc(F)cc2)[nH]c(=O)c1O. The molecule has 0 radical (unpaired) electrons.